The predicted octanol–water partition coefficient (Wildman–Crippen LogP) is 1.96. The highest BCUT2D eigenvalue weighted by atomic mass is 16.5. The number of hydrogen-bond donors (Lipinski definition) is 1. The van der Waals surface area contributed by atoms with Gasteiger partial charge in [-0.15, -0.1) is 0 Å². The minimum Gasteiger partial charge on any atom is -0.496 e. The average Bonchev–Trinajstić information content (AvgIpc) is 2.51. The molecule has 112 valence electrons. The summed E-state index contributed by atoms with van der Waals surface area (Å²) >= 11 is 0. The number of aliphatic hydroxyl groups excluding tert-OH is 1. The smallest absolute Gasteiger partial charge is 0.264 e. The number of hydrogen-bond acceptors (Lipinski definition) is 4. The maximum Gasteiger partial charge on any atom is 0.264 e. The molecule has 0 radical (unpaired) electrons. The molecule has 0 bridgehead atoms. The van der Waals surface area contributed by atoms with Crippen LogP contribution in [0, 0.1) is 5.92 Å². The van der Waals surface area contributed by atoms with Crippen LogP contribution in [0.15, 0.2) is 29.3 Å². The Morgan fingerprint density at radius 2 is 2.19 bits per heavy atom. The first kappa shape index (κ1) is 14.1. The van der Waals surface area contributed by atoms with Crippen molar-refractivity contribution < 1.29 is 9.84 Å². The number of fused-ring (bicyclic) bond motifs is 1. The Hall–Kier alpha value is -1.88. The minimum absolute atomic E-state index is 0.102. The zero-order valence-electron chi connectivity index (χ0n) is 12.2. The highest BCUT2D eigenvalue weighted by molar-refractivity contribution is 5.83. The topological polar surface area (TPSA) is 64.3 Å². The van der Waals surface area contributed by atoms with Crippen LogP contribution in [0.1, 0.15) is 25.7 Å². The summed E-state index contributed by atoms with van der Waals surface area (Å²) in [5, 5.41) is 10.6. The van der Waals surface area contributed by atoms with Crippen molar-refractivity contribution in [3.8, 4) is 5.75 Å². The van der Waals surface area contributed by atoms with Gasteiger partial charge in [0.2, 0.25) is 0 Å². The minimum atomic E-state index is -0.320. The first-order chi connectivity index (χ1) is 10.2. The van der Waals surface area contributed by atoms with Gasteiger partial charge in [-0.05, 0) is 25.0 Å². The molecule has 1 saturated carbocycles. The zero-order chi connectivity index (χ0) is 14.8. The SMILES string of the molecule is COc1cccc2ncn(C[C@H]3CCCC[C@H]3O)c(=O)c12. The Labute approximate surface area is 123 Å². The van der Waals surface area contributed by atoms with Gasteiger partial charge in [0.05, 0.1) is 25.1 Å². The van der Waals surface area contributed by atoms with E-state index in [1.165, 1.54) is 0 Å². The maximum absolute atomic E-state index is 12.6. The third-order valence-corrected chi connectivity index (χ3v) is 4.34. The van der Waals surface area contributed by atoms with Gasteiger partial charge in [0.25, 0.3) is 5.56 Å². The molecule has 2 aromatic rings. The number of methoxy groups -OCH3 is 1. The molecule has 3 rings (SSSR count). The zero-order valence-corrected chi connectivity index (χ0v) is 12.2. The summed E-state index contributed by atoms with van der Waals surface area (Å²) < 4.78 is 6.87. The molecule has 1 aliphatic rings. The number of ether oxygens (including phenoxy) is 1. The summed E-state index contributed by atoms with van der Waals surface area (Å²) in [6.45, 7) is 0.515. The molecule has 1 aliphatic carbocycles. The third-order valence-electron chi connectivity index (χ3n) is 4.34. The number of aromatic nitrogens is 2. The molecular formula is C16H20N2O3. The summed E-state index contributed by atoms with van der Waals surface area (Å²) in [4.78, 5) is 17.0. The lowest BCUT2D eigenvalue weighted by Crippen LogP contribution is -2.32. The fraction of sp³-hybridized carbons (Fsp3) is 0.500. The van der Waals surface area contributed by atoms with Crippen LogP contribution in [-0.2, 0) is 6.54 Å². The van der Waals surface area contributed by atoms with E-state index in [-0.39, 0.29) is 17.6 Å². The van der Waals surface area contributed by atoms with E-state index >= 15 is 0 Å². The second-order valence-corrected chi connectivity index (χ2v) is 5.67. The lowest BCUT2D eigenvalue weighted by atomic mass is 9.86. The van der Waals surface area contributed by atoms with Crippen molar-refractivity contribution in [1.82, 2.24) is 9.55 Å². The van der Waals surface area contributed by atoms with Crippen molar-refractivity contribution in [3.63, 3.8) is 0 Å². The Kier molecular flexibility index (Phi) is 3.92. The van der Waals surface area contributed by atoms with Crippen LogP contribution in [0.25, 0.3) is 10.9 Å². The number of benzene rings is 1. The van der Waals surface area contributed by atoms with Crippen LogP contribution >= 0.6 is 0 Å². The molecule has 1 heterocycles. The van der Waals surface area contributed by atoms with Gasteiger partial charge in [-0.1, -0.05) is 18.9 Å². The quantitative estimate of drug-likeness (QED) is 0.937. The van der Waals surface area contributed by atoms with Crippen molar-refractivity contribution in [2.24, 2.45) is 5.92 Å². The van der Waals surface area contributed by atoms with Gasteiger partial charge in [0.1, 0.15) is 11.1 Å². The van der Waals surface area contributed by atoms with E-state index < -0.39 is 0 Å². The maximum atomic E-state index is 12.6. The number of rotatable bonds is 3. The molecule has 21 heavy (non-hydrogen) atoms. The van der Waals surface area contributed by atoms with E-state index in [1.807, 2.05) is 6.07 Å². The van der Waals surface area contributed by atoms with Crippen LogP contribution < -0.4 is 10.3 Å². The standard InChI is InChI=1S/C16H20N2O3/c1-21-14-8-4-6-12-15(14)16(20)18(10-17-12)9-11-5-2-3-7-13(11)19/h4,6,8,10-11,13,19H,2-3,5,7,9H2,1H3/t11-,13-/m1/s1. The summed E-state index contributed by atoms with van der Waals surface area (Å²) in [7, 11) is 1.55. The number of aliphatic hydroxyl groups is 1. The molecule has 1 aromatic carbocycles. The van der Waals surface area contributed by atoms with E-state index in [1.54, 1.807) is 30.1 Å². The van der Waals surface area contributed by atoms with Crippen LogP contribution in [0.4, 0.5) is 0 Å². The van der Waals surface area contributed by atoms with Crippen molar-refractivity contribution in [2.45, 2.75) is 38.3 Å². The second kappa shape index (κ2) is 5.85. The Balaban J connectivity index is 2.00. The Bertz CT molecular complexity index is 695. The summed E-state index contributed by atoms with van der Waals surface area (Å²) in [5.74, 6) is 0.675. The molecule has 0 saturated heterocycles. The average molecular weight is 288 g/mol. The monoisotopic (exact) mass is 288 g/mol. The first-order valence-electron chi connectivity index (χ1n) is 7.41. The fourth-order valence-electron chi connectivity index (χ4n) is 3.12. The lowest BCUT2D eigenvalue weighted by molar-refractivity contribution is 0.0600. The van der Waals surface area contributed by atoms with Crippen LogP contribution in [0.2, 0.25) is 0 Å². The highest BCUT2D eigenvalue weighted by Crippen LogP contribution is 2.26. The van der Waals surface area contributed by atoms with Gasteiger partial charge in [-0.3, -0.25) is 9.36 Å². The van der Waals surface area contributed by atoms with Gasteiger partial charge in [-0.25, -0.2) is 4.98 Å². The largest absolute Gasteiger partial charge is 0.496 e. The van der Waals surface area contributed by atoms with Crippen LogP contribution in [-0.4, -0.2) is 27.9 Å². The molecule has 0 spiro atoms. The van der Waals surface area contributed by atoms with E-state index in [9.17, 15) is 9.90 Å². The van der Waals surface area contributed by atoms with Gasteiger partial charge >= 0.3 is 0 Å². The molecule has 5 nitrogen and oxygen atoms in total. The van der Waals surface area contributed by atoms with Gasteiger partial charge in [0.15, 0.2) is 0 Å². The normalized spacial score (nSPS) is 22.4. The van der Waals surface area contributed by atoms with E-state index in [4.69, 9.17) is 4.74 Å². The van der Waals surface area contributed by atoms with Gasteiger partial charge < -0.3 is 9.84 Å². The molecule has 1 N–H and O–H groups in total. The molecule has 0 aliphatic heterocycles. The van der Waals surface area contributed by atoms with Gasteiger partial charge in [-0.2, -0.15) is 0 Å². The summed E-state index contributed by atoms with van der Waals surface area (Å²) in [6, 6.07) is 5.40. The van der Waals surface area contributed by atoms with E-state index in [0.717, 1.165) is 25.7 Å². The van der Waals surface area contributed by atoms with Gasteiger partial charge in [0, 0.05) is 12.5 Å². The molecule has 1 fully saturated rings. The summed E-state index contributed by atoms with van der Waals surface area (Å²) in [6.07, 6.45) is 5.21. The molecular weight excluding hydrogens is 268 g/mol. The van der Waals surface area contributed by atoms with E-state index in [0.29, 0.717) is 23.2 Å². The molecule has 2 atom stereocenters. The predicted molar refractivity (Wildman–Crippen MR) is 80.5 cm³/mol. The van der Waals surface area contributed by atoms with Crippen molar-refractivity contribution in [2.75, 3.05) is 7.11 Å². The fourth-order valence-corrected chi connectivity index (χ4v) is 3.12. The van der Waals surface area contributed by atoms with Crippen LogP contribution in [0.3, 0.4) is 0 Å². The number of nitrogens with zero attached hydrogens (tertiary/aromatic N) is 2. The second-order valence-electron chi connectivity index (χ2n) is 5.67. The third kappa shape index (κ3) is 2.65. The van der Waals surface area contributed by atoms with Crippen molar-refractivity contribution in [1.29, 1.82) is 0 Å². The Morgan fingerprint density at radius 3 is 2.95 bits per heavy atom. The lowest BCUT2D eigenvalue weighted by Gasteiger charge is -2.27. The Morgan fingerprint density at radius 1 is 1.38 bits per heavy atom. The summed E-state index contributed by atoms with van der Waals surface area (Å²) in [5.41, 5.74) is 0.537. The molecule has 1 aromatic heterocycles. The highest BCUT2D eigenvalue weighted by Gasteiger charge is 2.24. The molecule has 0 amide bonds. The van der Waals surface area contributed by atoms with E-state index in [2.05, 4.69) is 4.98 Å². The van der Waals surface area contributed by atoms with Crippen molar-refractivity contribution in [3.05, 3.63) is 34.9 Å². The molecule has 5 heteroatoms. The van der Waals surface area contributed by atoms with Crippen molar-refractivity contribution >= 4 is 10.9 Å². The first-order valence-corrected chi connectivity index (χ1v) is 7.41. The molecule has 0 unspecified atom stereocenters. The van der Waals surface area contributed by atoms with Crippen LogP contribution in [0.5, 0.6) is 5.75 Å².